The minimum Gasteiger partial charge on any atom is -0.355 e. The number of carbonyl (C=O) groups is 1. The van der Waals surface area contributed by atoms with Crippen molar-refractivity contribution in [3.05, 3.63) is 35.6 Å². The number of carbonyl (C=O) groups excluding carboxylic acids is 1. The highest BCUT2D eigenvalue weighted by molar-refractivity contribution is 5.76. The van der Waals surface area contributed by atoms with Gasteiger partial charge in [0.15, 0.2) is 0 Å². The first-order chi connectivity index (χ1) is 9.63. The molecule has 2 rings (SSSR count). The highest BCUT2D eigenvalue weighted by atomic mass is 19.1. The molecule has 0 bridgehead atoms. The summed E-state index contributed by atoms with van der Waals surface area (Å²) in [4.78, 5) is 13.6. The molecule has 0 aliphatic carbocycles. The third-order valence-corrected chi connectivity index (χ3v) is 3.84. The Morgan fingerprint density at radius 2 is 2.15 bits per heavy atom. The fourth-order valence-corrected chi connectivity index (χ4v) is 2.70. The van der Waals surface area contributed by atoms with Crippen LogP contribution in [0.4, 0.5) is 4.39 Å². The number of rotatable bonds is 4. The standard InChI is InChI=1S/C15H22FN3O/c1-2-13(17)15(11-5-3-4-6-12(11)16)19-9-7-14(20)18-8-10-19/h3-6,13,15H,2,7-10,17H2,1H3,(H,18,20). The van der Waals surface area contributed by atoms with Crippen LogP contribution in [0.15, 0.2) is 24.3 Å². The van der Waals surface area contributed by atoms with E-state index in [1.807, 2.05) is 13.0 Å². The van der Waals surface area contributed by atoms with Gasteiger partial charge in [-0.25, -0.2) is 4.39 Å². The average molecular weight is 279 g/mol. The maximum absolute atomic E-state index is 14.1. The van der Waals surface area contributed by atoms with Gasteiger partial charge in [-0.05, 0) is 12.5 Å². The van der Waals surface area contributed by atoms with Gasteiger partial charge >= 0.3 is 0 Å². The van der Waals surface area contributed by atoms with Crippen LogP contribution < -0.4 is 11.1 Å². The number of nitrogens with zero attached hydrogens (tertiary/aromatic N) is 1. The quantitative estimate of drug-likeness (QED) is 0.876. The Balaban J connectivity index is 2.28. The molecule has 1 aliphatic heterocycles. The molecular formula is C15H22FN3O. The molecule has 3 N–H and O–H groups in total. The summed E-state index contributed by atoms with van der Waals surface area (Å²) < 4.78 is 14.1. The molecule has 1 aromatic rings. The molecule has 0 saturated carbocycles. The Kier molecular flexibility index (Phi) is 5.09. The summed E-state index contributed by atoms with van der Waals surface area (Å²) >= 11 is 0. The molecule has 1 fully saturated rings. The predicted octanol–water partition coefficient (Wildman–Crippen LogP) is 1.43. The van der Waals surface area contributed by atoms with E-state index in [1.54, 1.807) is 12.1 Å². The maximum atomic E-state index is 14.1. The smallest absolute Gasteiger partial charge is 0.221 e. The molecule has 1 amide bonds. The molecule has 2 unspecified atom stereocenters. The van der Waals surface area contributed by atoms with E-state index in [-0.39, 0.29) is 23.8 Å². The Labute approximate surface area is 119 Å². The predicted molar refractivity (Wildman–Crippen MR) is 76.6 cm³/mol. The second kappa shape index (κ2) is 6.81. The number of amides is 1. The van der Waals surface area contributed by atoms with E-state index in [0.29, 0.717) is 31.6 Å². The van der Waals surface area contributed by atoms with Crippen molar-refractivity contribution in [2.45, 2.75) is 31.8 Å². The zero-order valence-corrected chi connectivity index (χ0v) is 11.8. The number of hydrogen-bond acceptors (Lipinski definition) is 3. The van der Waals surface area contributed by atoms with E-state index >= 15 is 0 Å². The van der Waals surface area contributed by atoms with Gasteiger partial charge in [-0.15, -0.1) is 0 Å². The lowest BCUT2D eigenvalue weighted by Gasteiger charge is -2.34. The Morgan fingerprint density at radius 3 is 2.85 bits per heavy atom. The molecule has 1 aliphatic rings. The van der Waals surface area contributed by atoms with Crippen LogP contribution >= 0.6 is 0 Å². The molecule has 20 heavy (non-hydrogen) atoms. The van der Waals surface area contributed by atoms with E-state index in [9.17, 15) is 9.18 Å². The SMILES string of the molecule is CCC(N)C(c1ccccc1F)N1CCNC(=O)CC1. The highest BCUT2D eigenvalue weighted by Gasteiger charge is 2.29. The van der Waals surface area contributed by atoms with Crippen LogP contribution in [0.5, 0.6) is 0 Å². The summed E-state index contributed by atoms with van der Waals surface area (Å²) in [6, 6.07) is 6.42. The van der Waals surface area contributed by atoms with Crippen molar-refractivity contribution in [2.24, 2.45) is 5.73 Å². The van der Waals surface area contributed by atoms with Crippen LogP contribution in [0.3, 0.4) is 0 Å². The summed E-state index contributed by atoms with van der Waals surface area (Å²) in [5.41, 5.74) is 6.84. The number of benzene rings is 1. The molecule has 2 atom stereocenters. The van der Waals surface area contributed by atoms with Crippen molar-refractivity contribution in [3.8, 4) is 0 Å². The normalized spacial score (nSPS) is 20.1. The van der Waals surface area contributed by atoms with Crippen molar-refractivity contribution in [1.82, 2.24) is 10.2 Å². The van der Waals surface area contributed by atoms with Crippen LogP contribution in [0, 0.1) is 5.82 Å². The second-order valence-electron chi connectivity index (χ2n) is 5.17. The van der Waals surface area contributed by atoms with Crippen LogP contribution in [-0.2, 0) is 4.79 Å². The zero-order valence-electron chi connectivity index (χ0n) is 11.8. The van der Waals surface area contributed by atoms with Crippen LogP contribution in [0.25, 0.3) is 0 Å². The molecule has 1 aromatic carbocycles. The van der Waals surface area contributed by atoms with Crippen LogP contribution in [-0.4, -0.2) is 36.5 Å². The van der Waals surface area contributed by atoms with Gasteiger partial charge < -0.3 is 11.1 Å². The van der Waals surface area contributed by atoms with Gasteiger partial charge in [-0.2, -0.15) is 0 Å². The van der Waals surface area contributed by atoms with Crippen molar-refractivity contribution < 1.29 is 9.18 Å². The van der Waals surface area contributed by atoms with Gasteiger partial charge in [0, 0.05) is 37.7 Å². The minimum atomic E-state index is -0.232. The van der Waals surface area contributed by atoms with E-state index < -0.39 is 0 Å². The lowest BCUT2D eigenvalue weighted by atomic mass is 9.95. The third kappa shape index (κ3) is 3.35. The van der Waals surface area contributed by atoms with E-state index in [0.717, 1.165) is 6.42 Å². The first-order valence-corrected chi connectivity index (χ1v) is 7.14. The summed E-state index contributed by atoms with van der Waals surface area (Å²) in [5.74, 6) is -0.185. The highest BCUT2D eigenvalue weighted by Crippen LogP contribution is 2.27. The first-order valence-electron chi connectivity index (χ1n) is 7.14. The van der Waals surface area contributed by atoms with Crippen LogP contribution in [0.2, 0.25) is 0 Å². The molecule has 110 valence electrons. The number of nitrogens with two attached hydrogens (primary N) is 1. The molecule has 1 saturated heterocycles. The van der Waals surface area contributed by atoms with Crippen LogP contribution in [0.1, 0.15) is 31.4 Å². The van der Waals surface area contributed by atoms with Gasteiger partial charge in [0.1, 0.15) is 5.82 Å². The van der Waals surface area contributed by atoms with Gasteiger partial charge in [0.2, 0.25) is 5.91 Å². The fourth-order valence-electron chi connectivity index (χ4n) is 2.70. The Morgan fingerprint density at radius 1 is 1.40 bits per heavy atom. The van der Waals surface area contributed by atoms with Crippen molar-refractivity contribution in [3.63, 3.8) is 0 Å². The monoisotopic (exact) mass is 279 g/mol. The Bertz CT molecular complexity index is 466. The third-order valence-electron chi connectivity index (χ3n) is 3.84. The van der Waals surface area contributed by atoms with Gasteiger partial charge in [-0.3, -0.25) is 9.69 Å². The summed E-state index contributed by atoms with van der Waals surface area (Å²) in [5, 5.41) is 2.84. The van der Waals surface area contributed by atoms with E-state index in [4.69, 9.17) is 5.73 Å². The van der Waals surface area contributed by atoms with E-state index in [2.05, 4.69) is 10.2 Å². The minimum absolute atomic E-state index is 0.0462. The zero-order chi connectivity index (χ0) is 14.5. The largest absolute Gasteiger partial charge is 0.355 e. The summed E-state index contributed by atoms with van der Waals surface area (Å²) in [6.45, 7) is 3.89. The number of halogens is 1. The lowest BCUT2D eigenvalue weighted by molar-refractivity contribution is -0.120. The molecule has 0 radical (unpaired) electrons. The topological polar surface area (TPSA) is 58.4 Å². The molecule has 0 aromatic heterocycles. The molecule has 4 nitrogen and oxygen atoms in total. The average Bonchev–Trinajstić information content (AvgIpc) is 2.66. The molecule has 0 spiro atoms. The second-order valence-corrected chi connectivity index (χ2v) is 5.17. The fraction of sp³-hybridized carbons (Fsp3) is 0.533. The van der Waals surface area contributed by atoms with Crippen molar-refractivity contribution in [2.75, 3.05) is 19.6 Å². The van der Waals surface area contributed by atoms with Crippen molar-refractivity contribution in [1.29, 1.82) is 0 Å². The molecule has 1 heterocycles. The van der Waals surface area contributed by atoms with E-state index in [1.165, 1.54) is 6.07 Å². The maximum Gasteiger partial charge on any atom is 0.221 e. The van der Waals surface area contributed by atoms with Gasteiger partial charge in [-0.1, -0.05) is 25.1 Å². The molecular weight excluding hydrogens is 257 g/mol. The number of nitrogens with one attached hydrogen (secondary N) is 1. The summed E-state index contributed by atoms with van der Waals surface area (Å²) in [6.07, 6.45) is 1.19. The summed E-state index contributed by atoms with van der Waals surface area (Å²) in [7, 11) is 0. The lowest BCUT2D eigenvalue weighted by Crippen LogP contribution is -2.42. The van der Waals surface area contributed by atoms with Crippen molar-refractivity contribution >= 4 is 5.91 Å². The first kappa shape index (κ1) is 14.9. The Hall–Kier alpha value is -1.46. The number of hydrogen-bond donors (Lipinski definition) is 2. The van der Waals surface area contributed by atoms with Gasteiger partial charge in [0.25, 0.3) is 0 Å². The molecule has 5 heteroatoms. The van der Waals surface area contributed by atoms with Gasteiger partial charge in [0.05, 0.1) is 6.04 Å².